The molecule has 26 heavy (non-hydrogen) atoms. The van der Waals surface area contributed by atoms with Crippen LogP contribution in [0, 0.1) is 6.92 Å². The van der Waals surface area contributed by atoms with Gasteiger partial charge in [-0.15, -0.1) is 0 Å². The molecule has 0 bridgehead atoms. The van der Waals surface area contributed by atoms with Crippen LogP contribution in [0.1, 0.15) is 15.9 Å². The molecule has 0 saturated heterocycles. The number of rotatable bonds is 8. The Kier molecular flexibility index (Phi) is 6.72. The average molecular weight is 359 g/mol. The molecule has 6 nitrogen and oxygen atoms in total. The Balaban J connectivity index is 2.04. The van der Waals surface area contributed by atoms with E-state index in [1.807, 2.05) is 31.2 Å². The highest BCUT2D eigenvalue weighted by atomic mass is 16.5. The maximum atomic E-state index is 12.7. The van der Waals surface area contributed by atoms with Crippen LogP contribution in [0.15, 0.2) is 36.4 Å². The lowest BCUT2D eigenvalue weighted by Crippen LogP contribution is -2.31. The predicted octanol–water partition coefficient (Wildman–Crippen LogP) is 3.17. The van der Waals surface area contributed by atoms with E-state index in [0.717, 1.165) is 5.75 Å². The minimum absolute atomic E-state index is 0.156. The van der Waals surface area contributed by atoms with Gasteiger partial charge in [0, 0.05) is 12.6 Å². The summed E-state index contributed by atoms with van der Waals surface area (Å²) in [4.78, 5) is 14.3. The van der Waals surface area contributed by atoms with Crippen LogP contribution in [0.5, 0.6) is 23.0 Å². The number of benzene rings is 2. The Morgan fingerprint density at radius 3 is 2.04 bits per heavy atom. The quantitative estimate of drug-likeness (QED) is 0.725. The van der Waals surface area contributed by atoms with E-state index in [2.05, 4.69) is 0 Å². The molecule has 1 amide bonds. The molecule has 0 heterocycles. The van der Waals surface area contributed by atoms with Crippen LogP contribution in [-0.4, -0.2) is 52.3 Å². The zero-order chi connectivity index (χ0) is 19.1. The molecule has 0 spiro atoms. The summed E-state index contributed by atoms with van der Waals surface area (Å²) < 4.78 is 21.6. The summed E-state index contributed by atoms with van der Waals surface area (Å²) in [5.74, 6) is 1.97. The first kappa shape index (κ1) is 19.4. The van der Waals surface area contributed by atoms with Gasteiger partial charge in [0.2, 0.25) is 5.75 Å². The van der Waals surface area contributed by atoms with Gasteiger partial charge in [-0.05, 0) is 31.2 Å². The maximum Gasteiger partial charge on any atom is 0.253 e. The van der Waals surface area contributed by atoms with E-state index in [1.54, 1.807) is 24.1 Å². The maximum absolute atomic E-state index is 12.7. The van der Waals surface area contributed by atoms with E-state index >= 15 is 0 Å². The first-order valence-corrected chi connectivity index (χ1v) is 8.25. The summed E-state index contributed by atoms with van der Waals surface area (Å²) in [7, 11) is 6.29. The minimum atomic E-state index is -0.156. The number of aryl methyl sites for hydroxylation is 1. The lowest BCUT2D eigenvalue weighted by molar-refractivity contribution is 0.0773. The highest BCUT2D eigenvalue weighted by Gasteiger charge is 2.19. The number of hydrogen-bond acceptors (Lipinski definition) is 5. The molecule has 2 aromatic carbocycles. The van der Waals surface area contributed by atoms with Gasteiger partial charge in [-0.25, -0.2) is 0 Å². The molecular formula is C20H25NO5. The van der Waals surface area contributed by atoms with Crippen molar-refractivity contribution in [3.8, 4) is 23.0 Å². The van der Waals surface area contributed by atoms with E-state index in [1.165, 1.54) is 26.9 Å². The van der Waals surface area contributed by atoms with Crippen LogP contribution in [0.4, 0.5) is 0 Å². The molecule has 2 rings (SSSR count). The van der Waals surface area contributed by atoms with Crippen molar-refractivity contribution in [1.82, 2.24) is 4.90 Å². The van der Waals surface area contributed by atoms with Crippen molar-refractivity contribution in [3.63, 3.8) is 0 Å². The van der Waals surface area contributed by atoms with Gasteiger partial charge in [-0.3, -0.25) is 4.79 Å². The summed E-state index contributed by atoms with van der Waals surface area (Å²) in [5, 5.41) is 0. The number of amides is 1. The number of likely N-dealkylation sites (N-methyl/N-ethyl adjacent to an activating group) is 1. The fourth-order valence-corrected chi connectivity index (χ4v) is 2.46. The van der Waals surface area contributed by atoms with Crippen molar-refractivity contribution in [2.45, 2.75) is 6.92 Å². The summed E-state index contributed by atoms with van der Waals surface area (Å²) in [6, 6.07) is 11.1. The van der Waals surface area contributed by atoms with Crippen LogP contribution in [-0.2, 0) is 0 Å². The molecule has 140 valence electrons. The average Bonchev–Trinajstić information content (AvgIpc) is 2.67. The second-order valence-electron chi connectivity index (χ2n) is 5.80. The van der Waals surface area contributed by atoms with Crippen molar-refractivity contribution in [2.75, 3.05) is 41.5 Å². The van der Waals surface area contributed by atoms with Gasteiger partial charge < -0.3 is 23.8 Å². The Morgan fingerprint density at radius 1 is 0.962 bits per heavy atom. The molecule has 0 fully saturated rings. The van der Waals surface area contributed by atoms with Crippen molar-refractivity contribution in [3.05, 3.63) is 47.5 Å². The lowest BCUT2D eigenvalue weighted by Gasteiger charge is -2.19. The Hall–Kier alpha value is -2.89. The summed E-state index contributed by atoms with van der Waals surface area (Å²) in [5.41, 5.74) is 1.63. The Bertz CT molecular complexity index is 717. The number of carbonyl (C=O) groups is 1. The first-order valence-electron chi connectivity index (χ1n) is 8.25. The summed E-state index contributed by atoms with van der Waals surface area (Å²) in [6.45, 7) is 2.87. The molecule has 0 radical (unpaired) electrons. The van der Waals surface area contributed by atoms with Gasteiger partial charge in [0.1, 0.15) is 12.4 Å². The zero-order valence-corrected chi connectivity index (χ0v) is 15.9. The van der Waals surface area contributed by atoms with E-state index in [-0.39, 0.29) is 5.91 Å². The second kappa shape index (κ2) is 8.99. The predicted molar refractivity (Wildman–Crippen MR) is 99.7 cm³/mol. The topological polar surface area (TPSA) is 57.2 Å². The molecule has 6 heteroatoms. The summed E-state index contributed by atoms with van der Waals surface area (Å²) in [6.07, 6.45) is 0. The van der Waals surface area contributed by atoms with Crippen molar-refractivity contribution >= 4 is 5.91 Å². The minimum Gasteiger partial charge on any atom is -0.493 e. The van der Waals surface area contributed by atoms with Gasteiger partial charge in [-0.2, -0.15) is 0 Å². The van der Waals surface area contributed by atoms with Crippen LogP contribution in [0.3, 0.4) is 0 Å². The smallest absolute Gasteiger partial charge is 0.253 e. The number of carbonyl (C=O) groups excluding carboxylic acids is 1. The van der Waals surface area contributed by atoms with E-state index in [4.69, 9.17) is 18.9 Å². The molecule has 0 saturated carbocycles. The van der Waals surface area contributed by atoms with E-state index < -0.39 is 0 Å². The molecule has 0 aliphatic carbocycles. The van der Waals surface area contributed by atoms with Crippen molar-refractivity contribution < 1.29 is 23.7 Å². The molecule has 0 aromatic heterocycles. The molecule has 0 N–H and O–H groups in total. The number of nitrogens with zero attached hydrogens (tertiary/aromatic N) is 1. The largest absolute Gasteiger partial charge is 0.493 e. The summed E-state index contributed by atoms with van der Waals surface area (Å²) >= 11 is 0. The third kappa shape index (κ3) is 4.59. The van der Waals surface area contributed by atoms with E-state index in [0.29, 0.717) is 36.0 Å². The van der Waals surface area contributed by atoms with E-state index in [9.17, 15) is 4.79 Å². The third-order valence-electron chi connectivity index (χ3n) is 3.97. The Labute approximate surface area is 154 Å². The van der Waals surface area contributed by atoms with Crippen LogP contribution < -0.4 is 18.9 Å². The molecule has 0 aliphatic heterocycles. The highest BCUT2D eigenvalue weighted by Crippen LogP contribution is 2.38. The molecule has 2 aromatic rings. The number of hydrogen-bond donors (Lipinski definition) is 0. The fourth-order valence-electron chi connectivity index (χ4n) is 2.46. The lowest BCUT2D eigenvalue weighted by atomic mass is 10.1. The van der Waals surface area contributed by atoms with Crippen LogP contribution >= 0.6 is 0 Å². The normalized spacial score (nSPS) is 10.2. The van der Waals surface area contributed by atoms with Gasteiger partial charge in [0.25, 0.3) is 5.91 Å². The first-order chi connectivity index (χ1) is 12.5. The van der Waals surface area contributed by atoms with Crippen molar-refractivity contribution in [2.24, 2.45) is 0 Å². The monoisotopic (exact) mass is 359 g/mol. The van der Waals surface area contributed by atoms with Crippen LogP contribution in [0.2, 0.25) is 0 Å². The molecule has 0 unspecified atom stereocenters. The molecule has 0 aliphatic rings. The standard InChI is InChI=1S/C20H25NO5/c1-14-6-8-16(9-7-14)26-11-10-21(2)20(22)15-12-17(23-3)19(25-5)18(13-15)24-4/h6-9,12-13H,10-11H2,1-5H3. The van der Waals surface area contributed by atoms with Gasteiger partial charge in [0.05, 0.1) is 27.9 Å². The van der Waals surface area contributed by atoms with Crippen LogP contribution in [0.25, 0.3) is 0 Å². The third-order valence-corrected chi connectivity index (χ3v) is 3.97. The Morgan fingerprint density at radius 2 is 1.54 bits per heavy atom. The SMILES string of the molecule is COc1cc(C(=O)N(C)CCOc2ccc(C)cc2)cc(OC)c1OC. The highest BCUT2D eigenvalue weighted by molar-refractivity contribution is 5.95. The zero-order valence-electron chi connectivity index (χ0n) is 15.9. The van der Waals surface area contributed by atoms with Gasteiger partial charge in [0.15, 0.2) is 11.5 Å². The second-order valence-corrected chi connectivity index (χ2v) is 5.80. The molecule has 0 atom stereocenters. The number of ether oxygens (including phenoxy) is 4. The molecular weight excluding hydrogens is 334 g/mol. The fraction of sp³-hybridized carbons (Fsp3) is 0.350. The van der Waals surface area contributed by atoms with Crippen molar-refractivity contribution in [1.29, 1.82) is 0 Å². The van der Waals surface area contributed by atoms with Gasteiger partial charge >= 0.3 is 0 Å². The van der Waals surface area contributed by atoms with Gasteiger partial charge in [-0.1, -0.05) is 17.7 Å². The number of methoxy groups -OCH3 is 3.